The van der Waals surface area contributed by atoms with Crippen LogP contribution in [0, 0.1) is 23.0 Å². The molecule has 0 heterocycles. The molecule has 1 aliphatic rings. The fourth-order valence-electron chi connectivity index (χ4n) is 2.80. The number of allylic oxidation sites excluding steroid dienone is 1. The normalized spacial score (nSPS) is 21.2. The zero-order chi connectivity index (χ0) is 16.3. The summed E-state index contributed by atoms with van der Waals surface area (Å²) in [6.07, 6.45) is 4.92. The number of hydrogen-bond donors (Lipinski definition) is 1. The van der Waals surface area contributed by atoms with Gasteiger partial charge in [0.2, 0.25) is 0 Å². The van der Waals surface area contributed by atoms with Crippen molar-refractivity contribution in [3.63, 3.8) is 0 Å². The summed E-state index contributed by atoms with van der Waals surface area (Å²) in [6, 6.07) is 3.62. The third-order valence-corrected chi connectivity index (χ3v) is 4.89. The molecule has 2 nitrogen and oxygen atoms in total. The van der Waals surface area contributed by atoms with Gasteiger partial charge in [0.25, 0.3) is 0 Å². The molecule has 0 amide bonds. The summed E-state index contributed by atoms with van der Waals surface area (Å²) in [4.78, 5) is 12.1. The van der Waals surface area contributed by atoms with Crippen LogP contribution in [0.4, 0.5) is 14.5 Å². The Kier molecular flexibility index (Phi) is 4.99. The van der Waals surface area contributed by atoms with Gasteiger partial charge in [-0.05, 0) is 36.3 Å². The maximum Gasteiger partial charge on any atom is 0.160 e. The first kappa shape index (κ1) is 16.7. The standard InChI is InChI=1S/C18H23F2NO/c1-4-18(2,3)13-5-8-17(22)12(9-13)11-21-14-6-7-15(19)16(20)10-14/h6-7,10-11,13,21H,4-5,8-9H2,1-3H3/b12-11+/t13-/m0/s1. The molecule has 1 N–H and O–H groups in total. The number of halogens is 2. The Morgan fingerprint density at radius 3 is 2.68 bits per heavy atom. The molecule has 0 bridgehead atoms. The predicted octanol–water partition coefficient (Wildman–Crippen LogP) is 5.07. The van der Waals surface area contributed by atoms with E-state index < -0.39 is 11.6 Å². The van der Waals surface area contributed by atoms with Crippen LogP contribution in [0.1, 0.15) is 46.5 Å². The molecule has 0 saturated heterocycles. The van der Waals surface area contributed by atoms with Crippen molar-refractivity contribution in [2.24, 2.45) is 11.3 Å². The molecular formula is C18H23F2NO. The van der Waals surface area contributed by atoms with Crippen molar-refractivity contribution in [2.75, 3.05) is 5.32 Å². The zero-order valence-electron chi connectivity index (χ0n) is 13.4. The molecule has 1 aromatic rings. The van der Waals surface area contributed by atoms with Gasteiger partial charge in [0.1, 0.15) is 0 Å². The largest absolute Gasteiger partial charge is 0.361 e. The van der Waals surface area contributed by atoms with E-state index in [-0.39, 0.29) is 11.2 Å². The Morgan fingerprint density at radius 2 is 2.05 bits per heavy atom. The van der Waals surface area contributed by atoms with E-state index in [1.165, 1.54) is 6.07 Å². The smallest absolute Gasteiger partial charge is 0.160 e. The molecule has 1 atom stereocenters. The highest BCUT2D eigenvalue weighted by atomic mass is 19.2. The average molecular weight is 307 g/mol. The Balaban J connectivity index is 2.11. The van der Waals surface area contributed by atoms with Crippen LogP contribution in [0.25, 0.3) is 0 Å². The molecule has 1 saturated carbocycles. The minimum atomic E-state index is -0.900. The summed E-state index contributed by atoms with van der Waals surface area (Å²) < 4.78 is 26.1. The van der Waals surface area contributed by atoms with Crippen LogP contribution in [0.3, 0.4) is 0 Å². The van der Waals surface area contributed by atoms with Crippen molar-refractivity contribution in [1.29, 1.82) is 0 Å². The summed E-state index contributed by atoms with van der Waals surface area (Å²) in [5.41, 5.74) is 1.38. The van der Waals surface area contributed by atoms with Gasteiger partial charge < -0.3 is 5.32 Å². The molecule has 2 rings (SSSR count). The van der Waals surface area contributed by atoms with Crippen LogP contribution >= 0.6 is 0 Å². The predicted molar refractivity (Wildman–Crippen MR) is 84.5 cm³/mol. The minimum Gasteiger partial charge on any atom is -0.361 e. The zero-order valence-corrected chi connectivity index (χ0v) is 13.4. The van der Waals surface area contributed by atoms with Gasteiger partial charge in [0.05, 0.1) is 0 Å². The maximum absolute atomic E-state index is 13.2. The van der Waals surface area contributed by atoms with Gasteiger partial charge in [0.15, 0.2) is 17.4 Å². The van der Waals surface area contributed by atoms with Crippen molar-refractivity contribution in [3.05, 3.63) is 41.6 Å². The molecule has 1 fully saturated rings. The SMILES string of the molecule is CCC(C)(C)[C@H]1CCC(=O)/C(=C/Nc2ccc(F)c(F)c2)C1. The highest BCUT2D eigenvalue weighted by Gasteiger charge is 2.33. The summed E-state index contributed by atoms with van der Waals surface area (Å²) in [5.74, 6) is -1.17. The Morgan fingerprint density at radius 1 is 1.32 bits per heavy atom. The second kappa shape index (κ2) is 6.59. The lowest BCUT2D eigenvalue weighted by Gasteiger charge is -2.36. The summed E-state index contributed by atoms with van der Waals surface area (Å²) >= 11 is 0. The molecule has 1 aromatic carbocycles. The van der Waals surface area contributed by atoms with Crippen LogP contribution in [-0.2, 0) is 4.79 Å². The van der Waals surface area contributed by atoms with Crippen molar-refractivity contribution in [3.8, 4) is 0 Å². The number of hydrogen-bond acceptors (Lipinski definition) is 2. The highest BCUT2D eigenvalue weighted by molar-refractivity contribution is 5.96. The molecule has 0 aromatic heterocycles. The quantitative estimate of drug-likeness (QED) is 0.787. The van der Waals surface area contributed by atoms with Gasteiger partial charge >= 0.3 is 0 Å². The van der Waals surface area contributed by atoms with Crippen LogP contribution in [0.5, 0.6) is 0 Å². The third kappa shape index (κ3) is 3.73. The number of benzene rings is 1. The van der Waals surface area contributed by atoms with Gasteiger partial charge in [-0.2, -0.15) is 0 Å². The van der Waals surface area contributed by atoms with E-state index in [0.717, 1.165) is 37.0 Å². The number of anilines is 1. The van der Waals surface area contributed by atoms with E-state index in [2.05, 4.69) is 26.1 Å². The monoisotopic (exact) mass is 307 g/mol. The van der Waals surface area contributed by atoms with Gasteiger partial charge in [-0.1, -0.05) is 27.2 Å². The fourth-order valence-corrected chi connectivity index (χ4v) is 2.80. The third-order valence-electron chi connectivity index (χ3n) is 4.89. The van der Waals surface area contributed by atoms with Crippen LogP contribution in [0.15, 0.2) is 30.0 Å². The second-order valence-corrected chi connectivity index (χ2v) is 6.65. The maximum atomic E-state index is 13.2. The molecule has 4 heteroatoms. The lowest BCUT2D eigenvalue weighted by molar-refractivity contribution is -0.117. The summed E-state index contributed by atoms with van der Waals surface area (Å²) in [5, 5.41) is 2.91. The molecule has 0 aliphatic heterocycles. The first-order valence-corrected chi connectivity index (χ1v) is 7.77. The lowest BCUT2D eigenvalue weighted by Crippen LogP contribution is -2.29. The second-order valence-electron chi connectivity index (χ2n) is 6.65. The van der Waals surface area contributed by atoms with Crippen LogP contribution in [0.2, 0.25) is 0 Å². The summed E-state index contributed by atoms with van der Waals surface area (Å²) in [6.45, 7) is 6.63. The Labute approximate surface area is 130 Å². The van der Waals surface area contributed by atoms with E-state index in [9.17, 15) is 13.6 Å². The molecule has 0 unspecified atom stereocenters. The summed E-state index contributed by atoms with van der Waals surface area (Å²) in [7, 11) is 0. The van der Waals surface area contributed by atoms with Crippen molar-refractivity contribution in [1.82, 2.24) is 0 Å². The van der Waals surface area contributed by atoms with Crippen LogP contribution in [-0.4, -0.2) is 5.78 Å². The lowest BCUT2D eigenvalue weighted by atomic mass is 9.68. The number of nitrogens with one attached hydrogen (secondary N) is 1. The number of ketones is 1. The topological polar surface area (TPSA) is 29.1 Å². The first-order chi connectivity index (χ1) is 10.3. The molecule has 22 heavy (non-hydrogen) atoms. The highest BCUT2D eigenvalue weighted by Crippen LogP contribution is 2.41. The van der Waals surface area contributed by atoms with Crippen LogP contribution < -0.4 is 5.32 Å². The van der Waals surface area contributed by atoms with Crippen molar-refractivity contribution >= 4 is 11.5 Å². The van der Waals surface area contributed by atoms with Crippen molar-refractivity contribution in [2.45, 2.75) is 46.5 Å². The molecule has 1 aliphatic carbocycles. The van der Waals surface area contributed by atoms with E-state index in [0.29, 0.717) is 18.0 Å². The van der Waals surface area contributed by atoms with E-state index in [1.807, 2.05) is 0 Å². The van der Waals surface area contributed by atoms with E-state index in [1.54, 1.807) is 6.20 Å². The first-order valence-electron chi connectivity index (χ1n) is 7.77. The van der Waals surface area contributed by atoms with E-state index >= 15 is 0 Å². The van der Waals surface area contributed by atoms with Crippen molar-refractivity contribution < 1.29 is 13.6 Å². The number of carbonyl (C=O) groups excluding carboxylic acids is 1. The number of Topliss-reactive ketones (excluding diaryl/α,β-unsaturated/α-hetero) is 1. The molecule has 0 radical (unpaired) electrons. The average Bonchev–Trinajstić information content (AvgIpc) is 2.49. The molecule has 0 spiro atoms. The van der Waals surface area contributed by atoms with Gasteiger partial charge in [-0.15, -0.1) is 0 Å². The Hall–Kier alpha value is -1.71. The Bertz CT molecular complexity index is 593. The van der Waals surface area contributed by atoms with Gasteiger partial charge in [-0.3, -0.25) is 4.79 Å². The van der Waals surface area contributed by atoms with Gasteiger partial charge in [-0.25, -0.2) is 8.78 Å². The molecule has 120 valence electrons. The van der Waals surface area contributed by atoms with Gasteiger partial charge in [0, 0.05) is 29.9 Å². The van der Waals surface area contributed by atoms with E-state index in [4.69, 9.17) is 0 Å². The fraction of sp³-hybridized carbons (Fsp3) is 0.500. The number of rotatable bonds is 4. The number of carbonyl (C=O) groups is 1. The minimum absolute atomic E-state index is 0.137. The molecular weight excluding hydrogens is 284 g/mol.